The van der Waals surface area contributed by atoms with Gasteiger partial charge in [0.1, 0.15) is 0 Å². The van der Waals surface area contributed by atoms with Gasteiger partial charge in [0, 0.05) is 6.61 Å². The van der Waals surface area contributed by atoms with Crippen LogP contribution in [-0.2, 0) is 9.53 Å². The molecule has 0 saturated heterocycles. The van der Waals surface area contributed by atoms with Crippen molar-refractivity contribution in [1.82, 2.24) is 5.32 Å². The highest BCUT2D eigenvalue weighted by atomic mass is 16.5. The molecule has 210 valence electrons. The highest BCUT2D eigenvalue weighted by Crippen LogP contribution is 2.21. The summed E-state index contributed by atoms with van der Waals surface area (Å²) in [5.74, 6) is 0.216. The van der Waals surface area contributed by atoms with Crippen molar-refractivity contribution in [3.63, 3.8) is 0 Å². The molecule has 0 aliphatic rings. The van der Waals surface area contributed by atoms with E-state index >= 15 is 0 Å². The molecular weight excluding hydrogens is 434 g/mol. The zero-order valence-corrected chi connectivity index (χ0v) is 23.9. The minimum absolute atomic E-state index is 0.0821. The van der Waals surface area contributed by atoms with Gasteiger partial charge in [-0.1, -0.05) is 129 Å². The van der Waals surface area contributed by atoms with Gasteiger partial charge in [0.05, 0.1) is 12.5 Å². The maximum atomic E-state index is 12.7. The largest absolute Gasteiger partial charge is 0.465 e. The van der Waals surface area contributed by atoms with Crippen LogP contribution in [0.15, 0.2) is 0 Å². The molecule has 1 unspecified atom stereocenters. The van der Waals surface area contributed by atoms with Crippen molar-refractivity contribution in [2.75, 3.05) is 26.3 Å². The van der Waals surface area contributed by atoms with Gasteiger partial charge in [0.15, 0.2) is 0 Å². The fourth-order valence-electron chi connectivity index (χ4n) is 4.75. The lowest BCUT2D eigenvalue weighted by atomic mass is 9.94. The lowest BCUT2D eigenvalue weighted by molar-refractivity contribution is -0.149. The van der Waals surface area contributed by atoms with Crippen LogP contribution in [0.2, 0.25) is 0 Å². The number of carbonyl (C=O) groups excluding carboxylic acids is 1. The van der Waals surface area contributed by atoms with Crippen molar-refractivity contribution in [3.8, 4) is 0 Å². The van der Waals surface area contributed by atoms with Crippen molar-refractivity contribution in [2.24, 2.45) is 5.92 Å². The Morgan fingerprint density at radius 3 is 1.57 bits per heavy atom. The third-order valence-corrected chi connectivity index (χ3v) is 7.15. The number of ether oxygens (including phenoxy) is 1. The third kappa shape index (κ3) is 26.3. The van der Waals surface area contributed by atoms with Crippen LogP contribution in [0.3, 0.4) is 0 Å². The van der Waals surface area contributed by atoms with Crippen molar-refractivity contribution in [3.05, 3.63) is 0 Å². The van der Waals surface area contributed by atoms with Crippen LogP contribution in [0, 0.1) is 5.92 Å². The fraction of sp³-hybridized carbons (Fsp3) is 0.968. The first-order chi connectivity index (χ1) is 17.3. The van der Waals surface area contributed by atoms with Crippen molar-refractivity contribution < 1.29 is 14.6 Å². The standard InChI is InChI=1S/C31H63NO3/c1-3-5-7-9-16-20-25-30(24-19-8-6-4-2)31(34)35-29-22-18-15-13-11-10-12-14-17-21-26-32-27-23-28-33/h30,32-33H,3-29H2,1-2H3. The number of hydrogen-bond donors (Lipinski definition) is 2. The summed E-state index contributed by atoms with van der Waals surface area (Å²) >= 11 is 0. The minimum atomic E-state index is 0.0821. The number of aliphatic hydroxyl groups is 1. The number of hydrogen-bond acceptors (Lipinski definition) is 4. The number of nitrogens with one attached hydrogen (secondary N) is 1. The van der Waals surface area contributed by atoms with Crippen LogP contribution in [0.5, 0.6) is 0 Å². The smallest absolute Gasteiger partial charge is 0.308 e. The average molecular weight is 498 g/mol. The summed E-state index contributed by atoms with van der Waals surface area (Å²) in [6.45, 7) is 7.43. The molecule has 0 heterocycles. The van der Waals surface area contributed by atoms with E-state index in [9.17, 15) is 4.79 Å². The van der Waals surface area contributed by atoms with Gasteiger partial charge in [-0.15, -0.1) is 0 Å². The first-order valence-electron chi connectivity index (χ1n) is 15.7. The zero-order chi connectivity index (χ0) is 25.7. The molecule has 0 aromatic heterocycles. The second-order valence-corrected chi connectivity index (χ2v) is 10.6. The Balaban J connectivity index is 3.68. The highest BCUT2D eigenvalue weighted by molar-refractivity contribution is 5.72. The van der Waals surface area contributed by atoms with Gasteiger partial charge >= 0.3 is 5.97 Å². The molecule has 0 rings (SSSR count). The number of aliphatic hydroxyl groups excluding tert-OH is 1. The molecule has 0 aliphatic carbocycles. The molecule has 0 amide bonds. The van der Waals surface area contributed by atoms with Gasteiger partial charge in [-0.3, -0.25) is 4.79 Å². The fourth-order valence-corrected chi connectivity index (χ4v) is 4.75. The molecule has 0 aliphatic heterocycles. The second kappa shape index (κ2) is 29.6. The summed E-state index contributed by atoms with van der Waals surface area (Å²) in [4.78, 5) is 12.7. The molecule has 4 heteroatoms. The van der Waals surface area contributed by atoms with E-state index in [1.165, 1.54) is 122 Å². The van der Waals surface area contributed by atoms with E-state index < -0.39 is 0 Å². The Morgan fingerprint density at radius 2 is 1.03 bits per heavy atom. The maximum absolute atomic E-state index is 12.7. The van der Waals surface area contributed by atoms with E-state index in [4.69, 9.17) is 9.84 Å². The summed E-state index contributed by atoms with van der Waals surface area (Å²) < 4.78 is 5.71. The van der Waals surface area contributed by atoms with Gasteiger partial charge < -0.3 is 15.2 Å². The Labute approximate surface area is 219 Å². The van der Waals surface area contributed by atoms with E-state index in [1.807, 2.05) is 0 Å². The quantitative estimate of drug-likeness (QED) is 0.0801. The minimum Gasteiger partial charge on any atom is -0.465 e. The number of carbonyl (C=O) groups is 1. The van der Waals surface area contributed by atoms with Gasteiger partial charge in [0.2, 0.25) is 0 Å². The van der Waals surface area contributed by atoms with Crippen molar-refractivity contribution >= 4 is 5.97 Å². The van der Waals surface area contributed by atoms with Crippen LogP contribution in [-0.4, -0.2) is 37.4 Å². The highest BCUT2D eigenvalue weighted by Gasteiger charge is 2.19. The predicted octanol–water partition coefficient (Wildman–Crippen LogP) is 8.74. The number of esters is 1. The molecule has 0 aromatic rings. The van der Waals surface area contributed by atoms with Gasteiger partial charge in [-0.05, 0) is 45.2 Å². The van der Waals surface area contributed by atoms with E-state index in [-0.39, 0.29) is 18.5 Å². The van der Waals surface area contributed by atoms with Crippen molar-refractivity contribution in [1.29, 1.82) is 0 Å². The molecule has 0 radical (unpaired) electrons. The molecule has 0 fully saturated rings. The molecule has 0 spiro atoms. The molecule has 0 aromatic carbocycles. The monoisotopic (exact) mass is 497 g/mol. The summed E-state index contributed by atoms with van der Waals surface area (Å²) in [5.41, 5.74) is 0. The SMILES string of the molecule is CCCCCCCCC(CCCCCC)C(=O)OCCCCCCCCCCCCNCCCO. The Hall–Kier alpha value is -0.610. The Morgan fingerprint density at radius 1 is 0.600 bits per heavy atom. The summed E-state index contributed by atoms with van der Waals surface area (Å²) in [7, 11) is 0. The van der Waals surface area contributed by atoms with E-state index in [2.05, 4.69) is 19.2 Å². The molecule has 2 N–H and O–H groups in total. The van der Waals surface area contributed by atoms with Crippen LogP contribution in [0.4, 0.5) is 0 Å². The molecule has 4 nitrogen and oxygen atoms in total. The molecule has 0 bridgehead atoms. The molecule has 35 heavy (non-hydrogen) atoms. The van der Waals surface area contributed by atoms with Crippen molar-refractivity contribution in [2.45, 2.75) is 162 Å². The van der Waals surface area contributed by atoms with Crippen LogP contribution in [0.1, 0.15) is 162 Å². The average Bonchev–Trinajstić information content (AvgIpc) is 2.86. The normalized spacial score (nSPS) is 12.2. The Bertz CT molecular complexity index is 416. The topological polar surface area (TPSA) is 58.6 Å². The van der Waals surface area contributed by atoms with Crippen LogP contribution < -0.4 is 5.32 Å². The number of unbranched alkanes of at least 4 members (excludes halogenated alkanes) is 17. The first-order valence-corrected chi connectivity index (χ1v) is 15.7. The van der Waals surface area contributed by atoms with E-state index in [0.717, 1.165) is 38.8 Å². The van der Waals surface area contributed by atoms with E-state index in [1.54, 1.807) is 0 Å². The second-order valence-electron chi connectivity index (χ2n) is 10.6. The first kappa shape index (κ1) is 34.4. The summed E-state index contributed by atoms with van der Waals surface area (Å²) in [6.07, 6.45) is 28.3. The molecular formula is C31H63NO3. The van der Waals surface area contributed by atoms with Gasteiger partial charge in [0.25, 0.3) is 0 Å². The maximum Gasteiger partial charge on any atom is 0.308 e. The summed E-state index contributed by atoms with van der Waals surface area (Å²) in [5, 5.41) is 12.1. The predicted molar refractivity (Wildman–Crippen MR) is 152 cm³/mol. The van der Waals surface area contributed by atoms with Crippen LogP contribution in [0.25, 0.3) is 0 Å². The Kier molecular flexibility index (Phi) is 29.1. The lowest BCUT2D eigenvalue weighted by Gasteiger charge is -2.16. The van der Waals surface area contributed by atoms with Gasteiger partial charge in [-0.25, -0.2) is 0 Å². The van der Waals surface area contributed by atoms with E-state index in [0.29, 0.717) is 6.61 Å². The number of rotatable bonds is 29. The molecule has 0 saturated carbocycles. The van der Waals surface area contributed by atoms with Gasteiger partial charge in [-0.2, -0.15) is 0 Å². The third-order valence-electron chi connectivity index (χ3n) is 7.15. The molecule has 1 atom stereocenters. The lowest BCUT2D eigenvalue weighted by Crippen LogP contribution is -2.18. The zero-order valence-electron chi connectivity index (χ0n) is 23.9. The van der Waals surface area contributed by atoms with Crippen LogP contribution >= 0.6 is 0 Å². The summed E-state index contributed by atoms with van der Waals surface area (Å²) in [6, 6.07) is 0.